The van der Waals surface area contributed by atoms with Gasteiger partial charge in [-0.1, -0.05) is 30.3 Å². The molecule has 2 aromatic carbocycles. The summed E-state index contributed by atoms with van der Waals surface area (Å²) in [6.45, 7) is 0.562. The molecule has 0 aliphatic heterocycles. The minimum absolute atomic E-state index is 0.128. The number of anilines is 1. The zero-order valence-corrected chi connectivity index (χ0v) is 13.4. The van der Waals surface area contributed by atoms with Crippen LogP contribution >= 0.6 is 0 Å². The van der Waals surface area contributed by atoms with E-state index in [1.54, 1.807) is 24.3 Å². The lowest BCUT2D eigenvalue weighted by molar-refractivity contribution is 0.0953. The summed E-state index contributed by atoms with van der Waals surface area (Å²) < 4.78 is 0. The molecule has 0 fully saturated rings. The van der Waals surface area contributed by atoms with Crippen molar-refractivity contribution in [2.75, 3.05) is 11.9 Å². The molecule has 3 rings (SSSR count). The topological polar surface area (TPSA) is 99.8 Å². The Balaban J connectivity index is 1.51. The maximum absolute atomic E-state index is 12.1. The monoisotopic (exact) mass is 335 g/mol. The number of carbonyl (C=O) groups excluding carboxylic acids is 2. The normalized spacial score (nSPS) is 10.2. The highest BCUT2D eigenvalue weighted by Crippen LogP contribution is 2.10. The average molecular weight is 335 g/mol. The highest BCUT2D eigenvalue weighted by atomic mass is 16.2. The number of aromatic amines is 1. The molecule has 126 valence electrons. The van der Waals surface area contributed by atoms with E-state index in [9.17, 15) is 9.59 Å². The smallest absolute Gasteiger partial charge is 0.292 e. The number of hydrogen-bond acceptors (Lipinski definition) is 4. The van der Waals surface area contributed by atoms with Gasteiger partial charge in [-0.25, -0.2) is 4.98 Å². The van der Waals surface area contributed by atoms with Crippen LogP contribution in [0.5, 0.6) is 0 Å². The fourth-order valence-corrected chi connectivity index (χ4v) is 2.28. The van der Waals surface area contributed by atoms with Crippen LogP contribution in [0.15, 0.2) is 60.9 Å². The van der Waals surface area contributed by atoms with Crippen molar-refractivity contribution in [2.45, 2.75) is 6.42 Å². The van der Waals surface area contributed by atoms with Gasteiger partial charge in [0.25, 0.3) is 11.8 Å². The van der Waals surface area contributed by atoms with Gasteiger partial charge in [0.05, 0.1) is 0 Å². The van der Waals surface area contributed by atoms with Crippen molar-refractivity contribution in [3.8, 4) is 0 Å². The van der Waals surface area contributed by atoms with E-state index in [1.807, 2.05) is 30.3 Å². The van der Waals surface area contributed by atoms with Crippen molar-refractivity contribution in [3.05, 3.63) is 77.9 Å². The average Bonchev–Trinajstić information content (AvgIpc) is 3.18. The Morgan fingerprint density at radius 1 is 0.960 bits per heavy atom. The van der Waals surface area contributed by atoms with Gasteiger partial charge in [-0.15, -0.1) is 0 Å². The predicted molar refractivity (Wildman–Crippen MR) is 93.3 cm³/mol. The third-order valence-electron chi connectivity index (χ3n) is 3.58. The van der Waals surface area contributed by atoms with Gasteiger partial charge in [0.15, 0.2) is 0 Å². The first-order valence-corrected chi connectivity index (χ1v) is 7.81. The third-order valence-corrected chi connectivity index (χ3v) is 3.58. The van der Waals surface area contributed by atoms with Crippen LogP contribution in [0.1, 0.15) is 26.5 Å². The molecule has 0 saturated heterocycles. The molecule has 0 unspecified atom stereocenters. The zero-order chi connectivity index (χ0) is 17.5. The number of nitrogens with zero attached hydrogens (tertiary/aromatic N) is 2. The van der Waals surface area contributed by atoms with Crippen molar-refractivity contribution >= 4 is 17.5 Å². The minimum atomic E-state index is -0.391. The predicted octanol–water partition coefficient (Wildman–Crippen LogP) is 2.03. The van der Waals surface area contributed by atoms with E-state index < -0.39 is 5.91 Å². The first-order chi connectivity index (χ1) is 12.2. The van der Waals surface area contributed by atoms with Crippen molar-refractivity contribution in [2.24, 2.45) is 0 Å². The van der Waals surface area contributed by atoms with E-state index in [0.29, 0.717) is 17.8 Å². The molecule has 0 aliphatic carbocycles. The Labute approximate surface area is 144 Å². The zero-order valence-electron chi connectivity index (χ0n) is 13.4. The fraction of sp³-hybridized carbons (Fsp3) is 0.111. The van der Waals surface area contributed by atoms with Crippen molar-refractivity contribution < 1.29 is 9.59 Å². The van der Waals surface area contributed by atoms with E-state index in [-0.39, 0.29) is 11.7 Å². The second-order valence-electron chi connectivity index (χ2n) is 5.36. The van der Waals surface area contributed by atoms with Gasteiger partial charge in [0.2, 0.25) is 5.82 Å². The number of nitrogens with one attached hydrogen (secondary N) is 3. The minimum Gasteiger partial charge on any atom is -0.352 e. The van der Waals surface area contributed by atoms with Gasteiger partial charge in [0, 0.05) is 17.8 Å². The Bertz CT molecular complexity index is 830. The lowest BCUT2D eigenvalue weighted by atomic mass is 10.1. The second-order valence-corrected chi connectivity index (χ2v) is 5.36. The van der Waals surface area contributed by atoms with Crippen LogP contribution in [0, 0.1) is 0 Å². The maximum atomic E-state index is 12.1. The summed E-state index contributed by atoms with van der Waals surface area (Å²) >= 11 is 0. The molecule has 3 aromatic rings. The summed E-state index contributed by atoms with van der Waals surface area (Å²) in [4.78, 5) is 27.8. The Morgan fingerprint density at radius 2 is 1.72 bits per heavy atom. The standard InChI is InChI=1S/C18H17N5O2/c24-17(19-11-10-13-4-2-1-3-5-13)14-6-8-15(9-7-14)22-18(25)16-20-12-21-23-16/h1-9,12H,10-11H2,(H,19,24)(H,22,25)(H,20,21,23). The maximum Gasteiger partial charge on any atom is 0.292 e. The van der Waals surface area contributed by atoms with Crippen molar-refractivity contribution in [1.29, 1.82) is 0 Å². The summed E-state index contributed by atoms with van der Waals surface area (Å²) in [5.41, 5.74) is 2.28. The molecule has 1 heterocycles. The number of aromatic nitrogens is 3. The lowest BCUT2D eigenvalue weighted by Gasteiger charge is -2.07. The summed E-state index contributed by atoms with van der Waals surface area (Å²) in [6.07, 6.45) is 2.04. The molecule has 0 atom stereocenters. The summed E-state index contributed by atoms with van der Waals surface area (Å²) in [6, 6.07) is 16.6. The van der Waals surface area contributed by atoms with E-state index in [1.165, 1.54) is 11.9 Å². The van der Waals surface area contributed by atoms with Crippen LogP contribution in [0.25, 0.3) is 0 Å². The number of hydrogen-bond donors (Lipinski definition) is 3. The van der Waals surface area contributed by atoms with Crippen LogP contribution in [-0.2, 0) is 6.42 Å². The summed E-state index contributed by atoms with van der Waals surface area (Å²) in [5.74, 6) is -0.413. The molecule has 0 saturated carbocycles. The van der Waals surface area contributed by atoms with Gasteiger partial charge >= 0.3 is 0 Å². The highest BCUT2D eigenvalue weighted by Gasteiger charge is 2.10. The molecule has 25 heavy (non-hydrogen) atoms. The quantitative estimate of drug-likeness (QED) is 0.642. The number of benzene rings is 2. The fourth-order valence-electron chi connectivity index (χ4n) is 2.28. The van der Waals surface area contributed by atoms with Gasteiger partial charge in [-0.3, -0.25) is 14.7 Å². The highest BCUT2D eigenvalue weighted by molar-refractivity contribution is 6.02. The molecule has 0 spiro atoms. The molecular weight excluding hydrogens is 318 g/mol. The van der Waals surface area contributed by atoms with Gasteiger partial charge in [-0.05, 0) is 36.2 Å². The molecule has 7 nitrogen and oxygen atoms in total. The molecule has 0 aliphatic rings. The molecule has 7 heteroatoms. The van der Waals surface area contributed by atoms with Crippen molar-refractivity contribution in [3.63, 3.8) is 0 Å². The SMILES string of the molecule is O=C(NCCc1ccccc1)c1ccc(NC(=O)c2ncn[nH]2)cc1. The third kappa shape index (κ3) is 4.51. The van der Waals surface area contributed by atoms with Crippen LogP contribution in [0.3, 0.4) is 0 Å². The summed E-state index contributed by atoms with van der Waals surface area (Å²) in [7, 11) is 0. The van der Waals surface area contributed by atoms with Crippen molar-refractivity contribution in [1.82, 2.24) is 20.5 Å². The van der Waals surface area contributed by atoms with Gasteiger partial charge in [-0.2, -0.15) is 5.10 Å². The molecule has 1 aromatic heterocycles. The van der Waals surface area contributed by atoms with Gasteiger partial charge in [0.1, 0.15) is 6.33 Å². The molecule has 2 amide bonds. The Morgan fingerprint density at radius 3 is 2.40 bits per heavy atom. The largest absolute Gasteiger partial charge is 0.352 e. The molecule has 0 radical (unpaired) electrons. The molecular formula is C18H17N5O2. The first-order valence-electron chi connectivity index (χ1n) is 7.81. The van der Waals surface area contributed by atoms with E-state index in [0.717, 1.165) is 6.42 Å². The number of carbonyl (C=O) groups is 2. The Kier molecular flexibility index (Phi) is 5.16. The second kappa shape index (κ2) is 7.87. The number of H-pyrrole nitrogens is 1. The molecule has 3 N–H and O–H groups in total. The number of rotatable bonds is 6. The van der Waals surface area contributed by atoms with Gasteiger partial charge < -0.3 is 10.6 Å². The van der Waals surface area contributed by atoms with E-state index in [4.69, 9.17) is 0 Å². The lowest BCUT2D eigenvalue weighted by Crippen LogP contribution is -2.25. The Hall–Kier alpha value is -3.48. The number of amides is 2. The van der Waals surface area contributed by atoms with Crippen LogP contribution in [-0.4, -0.2) is 33.5 Å². The van der Waals surface area contributed by atoms with E-state index >= 15 is 0 Å². The van der Waals surface area contributed by atoms with E-state index in [2.05, 4.69) is 25.8 Å². The van der Waals surface area contributed by atoms with Crippen LogP contribution in [0.4, 0.5) is 5.69 Å². The summed E-state index contributed by atoms with van der Waals surface area (Å²) in [5, 5.41) is 11.7. The molecule has 0 bridgehead atoms. The van der Waals surface area contributed by atoms with Crippen LogP contribution < -0.4 is 10.6 Å². The van der Waals surface area contributed by atoms with Crippen LogP contribution in [0.2, 0.25) is 0 Å². The first kappa shape index (κ1) is 16.4.